The Hall–Kier alpha value is -1.03. The van der Waals surface area contributed by atoms with Crippen molar-refractivity contribution < 1.29 is 9.53 Å². The van der Waals surface area contributed by atoms with E-state index in [-0.39, 0.29) is 5.91 Å². The third-order valence-corrected chi connectivity index (χ3v) is 5.00. The fraction of sp³-hybridized carbons (Fsp3) is 0.562. The smallest absolute Gasteiger partial charge is 0.253 e. The maximum Gasteiger partial charge on any atom is 0.253 e. The van der Waals surface area contributed by atoms with Gasteiger partial charge in [0, 0.05) is 23.5 Å². The molecule has 1 aliphatic heterocycles. The lowest BCUT2D eigenvalue weighted by Gasteiger charge is -2.34. The van der Waals surface area contributed by atoms with E-state index in [1.807, 2.05) is 29.2 Å². The van der Waals surface area contributed by atoms with E-state index >= 15 is 0 Å². The maximum absolute atomic E-state index is 12.5. The summed E-state index contributed by atoms with van der Waals surface area (Å²) < 4.78 is 5.59. The molecular weight excluding hydrogens is 318 g/mol. The van der Waals surface area contributed by atoms with Crippen LogP contribution in [0.2, 0.25) is 0 Å². The van der Waals surface area contributed by atoms with Crippen molar-refractivity contribution in [3.8, 4) is 5.75 Å². The third-order valence-electron chi connectivity index (χ3n) is 3.64. The van der Waals surface area contributed by atoms with Crippen LogP contribution in [0.5, 0.6) is 5.75 Å². The molecule has 0 radical (unpaired) electrons. The Morgan fingerprint density at radius 3 is 3.00 bits per heavy atom. The summed E-state index contributed by atoms with van der Waals surface area (Å²) >= 11 is 3.67. The highest BCUT2D eigenvalue weighted by Crippen LogP contribution is 2.25. The van der Waals surface area contributed by atoms with Gasteiger partial charge in [-0.1, -0.05) is 35.8 Å². The second kappa shape index (κ2) is 7.11. The van der Waals surface area contributed by atoms with Crippen molar-refractivity contribution in [1.29, 1.82) is 0 Å². The van der Waals surface area contributed by atoms with E-state index in [9.17, 15) is 4.79 Å². The average molecular weight is 340 g/mol. The molecule has 1 heterocycles. The van der Waals surface area contributed by atoms with Gasteiger partial charge in [0.2, 0.25) is 0 Å². The molecule has 0 N–H and O–H groups in total. The van der Waals surface area contributed by atoms with Crippen molar-refractivity contribution in [1.82, 2.24) is 4.90 Å². The van der Waals surface area contributed by atoms with Gasteiger partial charge in [-0.3, -0.25) is 4.79 Å². The van der Waals surface area contributed by atoms with E-state index in [1.54, 1.807) is 0 Å². The maximum atomic E-state index is 12.5. The molecule has 110 valence electrons. The van der Waals surface area contributed by atoms with E-state index in [2.05, 4.69) is 29.8 Å². The zero-order valence-electron chi connectivity index (χ0n) is 12.1. The molecule has 2 atom stereocenters. The molecule has 0 saturated carbocycles. The normalized spacial score (nSPS) is 22.6. The second-order valence-corrected chi connectivity index (χ2v) is 6.59. The minimum atomic E-state index is 0.109. The van der Waals surface area contributed by atoms with Gasteiger partial charge in [0.25, 0.3) is 5.91 Å². The van der Waals surface area contributed by atoms with E-state index in [0.717, 1.165) is 37.2 Å². The summed E-state index contributed by atoms with van der Waals surface area (Å²) in [5.74, 6) is 1.38. The molecule has 1 aromatic carbocycles. The Morgan fingerprint density at radius 2 is 2.30 bits per heavy atom. The van der Waals surface area contributed by atoms with Gasteiger partial charge in [-0.2, -0.15) is 0 Å². The van der Waals surface area contributed by atoms with Gasteiger partial charge in [-0.05, 0) is 37.0 Å². The van der Waals surface area contributed by atoms with Crippen LogP contribution in [-0.4, -0.2) is 35.3 Å². The van der Waals surface area contributed by atoms with Gasteiger partial charge < -0.3 is 9.64 Å². The summed E-state index contributed by atoms with van der Waals surface area (Å²) in [6.07, 6.45) is 1.98. The van der Waals surface area contributed by atoms with E-state index < -0.39 is 0 Å². The number of piperidine rings is 1. The largest absolute Gasteiger partial charge is 0.494 e. The first kappa shape index (κ1) is 15.4. The first-order valence-corrected chi connectivity index (χ1v) is 8.19. The number of amides is 1. The topological polar surface area (TPSA) is 29.5 Å². The molecule has 0 bridgehead atoms. The summed E-state index contributed by atoms with van der Waals surface area (Å²) in [4.78, 5) is 15.0. The van der Waals surface area contributed by atoms with Gasteiger partial charge in [0.05, 0.1) is 6.61 Å². The van der Waals surface area contributed by atoms with Gasteiger partial charge >= 0.3 is 0 Å². The molecule has 1 saturated heterocycles. The Bertz CT molecular complexity index is 464. The summed E-state index contributed by atoms with van der Waals surface area (Å²) in [6.45, 7) is 6.57. The number of ether oxygens (including phenoxy) is 1. The highest BCUT2D eigenvalue weighted by Gasteiger charge is 2.27. The molecule has 20 heavy (non-hydrogen) atoms. The number of carbonyl (C=O) groups is 1. The van der Waals surface area contributed by atoms with Crippen molar-refractivity contribution in [3.63, 3.8) is 0 Å². The highest BCUT2D eigenvalue weighted by atomic mass is 79.9. The first-order chi connectivity index (χ1) is 9.61. The van der Waals surface area contributed by atoms with E-state index in [1.165, 1.54) is 0 Å². The second-order valence-electron chi connectivity index (χ2n) is 5.41. The van der Waals surface area contributed by atoms with Gasteiger partial charge in [-0.15, -0.1) is 0 Å². The average Bonchev–Trinajstić information content (AvgIpc) is 2.47. The Labute approximate surface area is 129 Å². The minimum Gasteiger partial charge on any atom is -0.494 e. The minimum absolute atomic E-state index is 0.109. The zero-order valence-corrected chi connectivity index (χ0v) is 13.7. The fourth-order valence-electron chi connectivity index (χ4n) is 2.42. The zero-order chi connectivity index (χ0) is 14.5. The number of carbonyl (C=O) groups excluding carboxylic acids is 1. The summed E-state index contributed by atoms with van der Waals surface area (Å²) in [7, 11) is 0. The molecule has 2 rings (SSSR count). The van der Waals surface area contributed by atoms with Crippen LogP contribution in [0.4, 0.5) is 0 Å². The molecular formula is C16H22BrNO2. The number of nitrogens with zero attached hydrogens (tertiary/aromatic N) is 1. The Balaban J connectivity index is 2.05. The number of rotatable bonds is 4. The molecule has 2 unspecified atom stereocenters. The molecule has 0 spiro atoms. The fourth-order valence-corrected chi connectivity index (χ4v) is 2.79. The number of hydrogen-bond acceptors (Lipinski definition) is 2. The summed E-state index contributed by atoms with van der Waals surface area (Å²) in [5, 5.41) is 0. The molecule has 1 amide bonds. The number of alkyl halides is 1. The molecule has 0 aliphatic carbocycles. The number of hydrogen-bond donors (Lipinski definition) is 0. The number of likely N-dealkylation sites (tertiary alicyclic amines) is 1. The molecule has 1 aromatic rings. The Kier molecular flexibility index (Phi) is 5.46. The SMILES string of the molecule is CCCOc1cccc(C(=O)N2CCC(Br)C(C)C2)c1. The van der Waals surface area contributed by atoms with Crippen LogP contribution in [0.25, 0.3) is 0 Å². The lowest BCUT2D eigenvalue weighted by atomic mass is 9.99. The molecule has 1 aliphatic rings. The predicted molar refractivity (Wildman–Crippen MR) is 84.6 cm³/mol. The van der Waals surface area contributed by atoms with E-state index in [4.69, 9.17) is 4.74 Å². The van der Waals surface area contributed by atoms with Crippen molar-refractivity contribution in [3.05, 3.63) is 29.8 Å². The van der Waals surface area contributed by atoms with Gasteiger partial charge in [0.15, 0.2) is 0 Å². The van der Waals surface area contributed by atoms with Gasteiger partial charge in [-0.25, -0.2) is 0 Å². The molecule has 1 fully saturated rings. The Morgan fingerprint density at radius 1 is 1.50 bits per heavy atom. The third kappa shape index (κ3) is 3.75. The van der Waals surface area contributed by atoms with Crippen molar-refractivity contribution in [2.24, 2.45) is 5.92 Å². The lowest BCUT2D eigenvalue weighted by Crippen LogP contribution is -2.43. The van der Waals surface area contributed by atoms with Crippen molar-refractivity contribution in [2.45, 2.75) is 31.5 Å². The van der Waals surface area contributed by atoms with Crippen LogP contribution >= 0.6 is 15.9 Å². The van der Waals surface area contributed by atoms with Crippen LogP contribution < -0.4 is 4.74 Å². The van der Waals surface area contributed by atoms with Gasteiger partial charge in [0.1, 0.15) is 5.75 Å². The quantitative estimate of drug-likeness (QED) is 0.782. The molecule has 0 aromatic heterocycles. The lowest BCUT2D eigenvalue weighted by molar-refractivity contribution is 0.0690. The van der Waals surface area contributed by atoms with Crippen molar-refractivity contribution >= 4 is 21.8 Å². The van der Waals surface area contributed by atoms with Crippen LogP contribution in [-0.2, 0) is 0 Å². The number of benzene rings is 1. The summed E-state index contributed by atoms with van der Waals surface area (Å²) in [6, 6.07) is 7.51. The monoisotopic (exact) mass is 339 g/mol. The standard InChI is InChI=1S/C16H22BrNO2/c1-3-9-20-14-6-4-5-13(10-14)16(19)18-8-7-15(17)12(2)11-18/h4-6,10,12,15H,3,7-9,11H2,1-2H3. The van der Waals surface area contributed by atoms with E-state index in [0.29, 0.717) is 17.4 Å². The van der Waals surface area contributed by atoms with Crippen LogP contribution in [0, 0.1) is 5.92 Å². The number of halogens is 1. The van der Waals surface area contributed by atoms with Crippen LogP contribution in [0.1, 0.15) is 37.0 Å². The predicted octanol–water partition coefficient (Wildman–Crippen LogP) is 3.72. The molecule has 3 nitrogen and oxygen atoms in total. The highest BCUT2D eigenvalue weighted by molar-refractivity contribution is 9.09. The summed E-state index contributed by atoms with van der Waals surface area (Å²) in [5.41, 5.74) is 0.721. The van der Waals surface area contributed by atoms with Crippen LogP contribution in [0.15, 0.2) is 24.3 Å². The van der Waals surface area contributed by atoms with Crippen LogP contribution in [0.3, 0.4) is 0 Å². The van der Waals surface area contributed by atoms with Crippen molar-refractivity contribution in [2.75, 3.05) is 19.7 Å². The molecule has 4 heteroatoms. The first-order valence-electron chi connectivity index (χ1n) is 7.28.